The first-order valence-corrected chi connectivity index (χ1v) is 20.1. The smallest absolute Gasteiger partial charge is 0.477 e. The maximum atomic E-state index is 14.6. The molecule has 4 aromatic heterocycles. The second-order valence-electron chi connectivity index (χ2n) is 15.2. The van der Waals surface area contributed by atoms with Crippen LogP contribution in [0.5, 0.6) is 0 Å². The van der Waals surface area contributed by atoms with Crippen LogP contribution in [0.15, 0.2) is 95.0 Å². The van der Waals surface area contributed by atoms with Crippen molar-refractivity contribution >= 4 is 71.3 Å². The number of carboxylic acid groups (broad SMARTS) is 2. The van der Waals surface area contributed by atoms with Crippen molar-refractivity contribution in [3.8, 4) is 11.4 Å². The second kappa shape index (κ2) is 19.0. The zero-order valence-corrected chi connectivity index (χ0v) is 36.6. The SMILES string of the molecule is O=C(O)c1cn(C2CC2)c2cc(N3CCNCC3)c(F)cc2c1=O.O=C(O)c1cn(C2CC2)c2cc(N3CCNCC3)c(F)cc2c1=O.[Bi+3].c1ccc(-c2ccccn2)nc1. The molecule has 0 amide bonds. The van der Waals surface area contributed by atoms with Gasteiger partial charge in [0.25, 0.3) is 0 Å². The Morgan fingerprint density at radius 2 is 0.984 bits per heavy atom. The number of fused-ring (bicyclic) bond motifs is 2. The molecule has 14 nitrogen and oxygen atoms in total. The first-order chi connectivity index (χ1) is 29.1. The number of nitrogens with zero attached hydrogens (tertiary/aromatic N) is 6. The molecule has 4 fully saturated rings. The third kappa shape index (κ3) is 9.64. The zero-order valence-electron chi connectivity index (χ0n) is 33.1. The topological polar surface area (TPSA) is 175 Å². The van der Waals surface area contributed by atoms with Crippen LogP contribution in [-0.2, 0) is 0 Å². The molecule has 2 saturated carbocycles. The van der Waals surface area contributed by atoms with E-state index in [0.717, 1.165) is 63.3 Å². The third-order valence-corrected chi connectivity index (χ3v) is 11.1. The number of hydrogen-bond acceptors (Lipinski definition) is 10. The van der Waals surface area contributed by atoms with Gasteiger partial charge in [0.1, 0.15) is 22.8 Å². The van der Waals surface area contributed by atoms with Crippen molar-refractivity contribution in [2.75, 3.05) is 62.2 Å². The Balaban J connectivity index is 0.000000144. The van der Waals surface area contributed by atoms with Crippen LogP contribution in [0.25, 0.3) is 33.2 Å². The molecule has 2 aliphatic carbocycles. The van der Waals surface area contributed by atoms with Gasteiger partial charge in [-0.15, -0.1) is 0 Å². The van der Waals surface area contributed by atoms with Crippen molar-refractivity contribution < 1.29 is 28.6 Å². The summed E-state index contributed by atoms with van der Waals surface area (Å²) in [4.78, 5) is 59.8. The molecule has 0 bridgehead atoms. The van der Waals surface area contributed by atoms with Gasteiger partial charge < -0.3 is 39.8 Å². The summed E-state index contributed by atoms with van der Waals surface area (Å²) in [7, 11) is 0. The van der Waals surface area contributed by atoms with Crippen molar-refractivity contribution in [1.82, 2.24) is 29.7 Å². The van der Waals surface area contributed by atoms with E-state index in [9.17, 15) is 38.2 Å². The summed E-state index contributed by atoms with van der Waals surface area (Å²) in [5.74, 6) is -3.51. The molecule has 2 saturated heterocycles. The van der Waals surface area contributed by atoms with E-state index in [4.69, 9.17) is 0 Å². The van der Waals surface area contributed by atoms with E-state index in [1.807, 2.05) is 55.3 Å². The summed E-state index contributed by atoms with van der Waals surface area (Å²) >= 11 is 0. The number of hydrogen-bond donors (Lipinski definition) is 4. The van der Waals surface area contributed by atoms with E-state index in [0.29, 0.717) is 48.6 Å². The van der Waals surface area contributed by atoms with Gasteiger partial charge in [-0.3, -0.25) is 19.6 Å². The minimum atomic E-state index is -1.28. The number of halogens is 2. The van der Waals surface area contributed by atoms with Gasteiger partial charge in [-0.05, 0) is 74.2 Å². The van der Waals surface area contributed by atoms with Gasteiger partial charge in [0.05, 0.1) is 33.8 Å². The Morgan fingerprint density at radius 3 is 1.30 bits per heavy atom. The molecule has 312 valence electrons. The molecule has 0 unspecified atom stereocenters. The summed E-state index contributed by atoms with van der Waals surface area (Å²) in [6.45, 7) is 5.92. The molecule has 17 heteroatoms. The molecule has 2 aliphatic heterocycles. The number of carbonyl (C=O) groups is 2. The molecule has 10 rings (SSSR count). The molecule has 0 spiro atoms. The summed E-state index contributed by atoms with van der Waals surface area (Å²) in [5.41, 5.74) is 2.15. The number of nitrogens with one attached hydrogen (secondary N) is 2. The first-order valence-electron chi connectivity index (χ1n) is 20.1. The minimum absolute atomic E-state index is 0. The van der Waals surface area contributed by atoms with Gasteiger partial charge in [-0.1, -0.05) is 12.1 Å². The fourth-order valence-corrected chi connectivity index (χ4v) is 7.66. The normalized spacial score (nSPS) is 16.2. The van der Waals surface area contributed by atoms with E-state index < -0.39 is 34.4 Å². The van der Waals surface area contributed by atoms with Gasteiger partial charge in [-0.2, -0.15) is 0 Å². The van der Waals surface area contributed by atoms with Crippen LogP contribution < -0.4 is 31.3 Å². The number of aromatic carboxylic acids is 2. The monoisotopic (exact) mass is 1030 g/mol. The van der Waals surface area contributed by atoms with Crippen LogP contribution >= 0.6 is 0 Å². The van der Waals surface area contributed by atoms with E-state index >= 15 is 0 Å². The number of rotatable bonds is 7. The second-order valence-corrected chi connectivity index (χ2v) is 15.2. The fourth-order valence-electron chi connectivity index (χ4n) is 7.66. The molecule has 6 aromatic rings. The number of carboxylic acids is 2. The standard InChI is InChI=1S/2C17H18FN3O3.C10H8N2.Bi/c2*18-13-7-11-14(8-15(13)20-5-3-19-4-6-20)21(10-1-2-10)9-12(16(11)22)17(23)24;1-3-7-11-9(5-1)10-6-2-4-8-12-10;/h2*7-10,19H,1-6H2,(H,23,24);1-8H;/q;;;+3. The van der Waals surface area contributed by atoms with E-state index in [1.54, 1.807) is 24.5 Å². The van der Waals surface area contributed by atoms with E-state index in [-0.39, 0.29) is 60.2 Å². The Labute approximate surface area is 368 Å². The molecule has 4 aliphatic rings. The van der Waals surface area contributed by atoms with Crippen LogP contribution in [0.4, 0.5) is 20.2 Å². The Bertz CT molecular complexity index is 2500. The summed E-state index contributed by atoms with van der Waals surface area (Å²) in [6.07, 6.45) is 10.1. The molecule has 6 heterocycles. The predicted octanol–water partition coefficient (Wildman–Crippen LogP) is 4.93. The average molecular weight is 1030 g/mol. The van der Waals surface area contributed by atoms with Crippen molar-refractivity contribution in [3.05, 3.63) is 129 Å². The van der Waals surface area contributed by atoms with E-state index in [2.05, 4.69) is 20.6 Å². The zero-order chi connectivity index (χ0) is 41.9. The van der Waals surface area contributed by atoms with Gasteiger partial charge in [0.2, 0.25) is 10.9 Å². The van der Waals surface area contributed by atoms with Crippen LogP contribution in [0, 0.1) is 11.6 Å². The van der Waals surface area contributed by atoms with Crippen LogP contribution in [0.2, 0.25) is 0 Å². The Morgan fingerprint density at radius 1 is 0.607 bits per heavy atom. The summed E-state index contributed by atoms with van der Waals surface area (Å²) < 4.78 is 32.9. The molecule has 0 atom stereocenters. The van der Waals surface area contributed by atoms with Crippen LogP contribution in [0.3, 0.4) is 0 Å². The van der Waals surface area contributed by atoms with Gasteiger partial charge >= 0.3 is 38.1 Å². The largest absolute Gasteiger partial charge is 3.00 e. The number of aromatic nitrogens is 4. The molecular formula is C44H44BiF2N8O6+3. The van der Waals surface area contributed by atoms with Crippen LogP contribution in [0.1, 0.15) is 58.5 Å². The molecule has 2 radical (unpaired) electrons. The molecule has 61 heavy (non-hydrogen) atoms. The molecule has 4 N–H and O–H groups in total. The predicted molar refractivity (Wildman–Crippen MR) is 230 cm³/mol. The Hall–Kier alpha value is -5.64. The van der Waals surface area contributed by atoms with Crippen LogP contribution in [-0.4, -0.2) is 120 Å². The van der Waals surface area contributed by atoms with Gasteiger partial charge in [0, 0.05) is 100 Å². The maximum absolute atomic E-state index is 14.6. The third-order valence-electron chi connectivity index (χ3n) is 11.1. The van der Waals surface area contributed by atoms with Crippen molar-refractivity contribution in [2.45, 2.75) is 37.8 Å². The minimum Gasteiger partial charge on any atom is -0.477 e. The number of anilines is 2. The summed E-state index contributed by atoms with van der Waals surface area (Å²) in [6, 6.07) is 17.8. The number of benzene rings is 2. The average Bonchev–Trinajstić information content (AvgIpc) is 4.22. The van der Waals surface area contributed by atoms with Crippen molar-refractivity contribution in [1.29, 1.82) is 0 Å². The molecule has 2 aromatic carbocycles. The van der Waals surface area contributed by atoms with Gasteiger partial charge in [-0.25, -0.2) is 18.4 Å². The number of pyridine rings is 4. The van der Waals surface area contributed by atoms with Crippen molar-refractivity contribution in [2.24, 2.45) is 0 Å². The summed E-state index contributed by atoms with van der Waals surface area (Å²) in [5, 5.41) is 25.2. The fraction of sp³-hybridized carbons (Fsp3) is 0.318. The Kier molecular flexibility index (Phi) is 13.5. The number of piperazine rings is 2. The van der Waals surface area contributed by atoms with Crippen molar-refractivity contribution in [3.63, 3.8) is 0 Å². The maximum Gasteiger partial charge on any atom is 3.00 e. The van der Waals surface area contributed by atoms with Gasteiger partial charge in [0.15, 0.2) is 0 Å². The van der Waals surface area contributed by atoms with E-state index in [1.165, 1.54) is 24.5 Å². The molecular weight excluding hydrogens is 984 g/mol. The first kappa shape index (κ1) is 43.5. The quantitative estimate of drug-likeness (QED) is 0.159.